The monoisotopic (exact) mass is 414 g/mol. The second-order valence-electron chi connectivity index (χ2n) is 8.39. The standard InChI is InChI=1S/C25H22N2O4/c26-23(28)16-7-5-15(6-8-16)13-27-20-4-2-1-3-18(20)25(24(27)29)14-31-22-12-21-17(9-10-30-21)11-19(22)25/h1-8,11-12,24,29H,9-10,13-14H2,(H2,26,28). The van der Waals surface area contributed by atoms with Crippen LogP contribution in [0.25, 0.3) is 0 Å². The van der Waals surface area contributed by atoms with E-state index in [1.54, 1.807) is 12.1 Å². The van der Waals surface area contributed by atoms with E-state index in [1.165, 1.54) is 0 Å². The Morgan fingerprint density at radius 3 is 2.68 bits per heavy atom. The van der Waals surface area contributed by atoms with Gasteiger partial charge in [0.25, 0.3) is 0 Å². The molecule has 6 heteroatoms. The first-order valence-electron chi connectivity index (χ1n) is 10.4. The average molecular weight is 414 g/mol. The molecule has 0 saturated heterocycles. The predicted molar refractivity (Wildman–Crippen MR) is 116 cm³/mol. The largest absolute Gasteiger partial charge is 0.493 e. The second-order valence-corrected chi connectivity index (χ2v) is 8.39. The molecular formula is C25H22N2O4. The molecule has 1 amide bonds. The van der Waals surface area contributed by atoms with Crippen molar-refractivity contribution in [3.8, 4) is 11.5 Å². The lowest BCUT2D eigenvalue weighted by molar-refractivity contribution is 0.0941. The normalized spacial score (nSPS) is 22.6. The number of aliphatic hydroxyl groups excluding tert-OH is 1. The fourth-order valence-electron chi connectivity index (χ4n) is 5.16. The highest BCUT2D eigenvalue weighted by molar-refractivity contribution is 5.92. The third-order valence-electron chi connectivity index (χ3n) is 6.75. The van der Waals surface area contributed by atoms with E-state index in [2.05, 4.69) is 12.1 Å². The molecule has 0 aromatic heterocycles. The number of nitrogens with zero attached hydrogens (tertiary/aromatic N) is 1. The molecule has 0 aliphatic carbocycles. The van der Waals surface area contributed by atoms with Gasteiger partial charge in [0.1, 0.15) is 29.7 Å². The molecule has 2 unspecified atom stereocenters. The van der Waals surface area contributed by atoms with Gasteiger partial charge in [-0.3, -0.25) is 4.79 Å². The smallest absolute Gasteiger partial charge is 0.248 e. The third kappa shape index (κ3) is 2.51. The molecule has 6 nitrogen and oxygen atoms in total. The van der Waals surface area contributed by atoms with Crippen molar-refractivity contribution in [2.24, 2.45) is 5.73 Å². The Hall–Kier alpha value is -3.51. The number of hydrogen-bond donors (Lipinski definition) is 2. The minimum atomic E-state index is -0.790. The molecule has 3 aliphatic rings. The van der Waals surface area contributed by atoms with Gasteiger partial charge in [-0.2, -0.15) is 0 Å². The van der Waals surface area contributed by atoms with Crippen molar-refractivity contribution in [2.45, 2.75) is 24.6 Å². The number of nitrogens with two attached hydrogens (primary N) is 1. The molecule has 0 saturated carbocycles. The van der Waals surface area contributed by atoms with Crippen molar-refractivity contribution in [3.05, 3.63) is 88.5 Å². The molecule has 31 heavy (non-hydrogen) atoms. The van der Waals surface area contributed by atoms with Gasteiger partial charge in [0, 0.05) is 35.8 Å². The number of ether oxygens (including phenoxy) is 2. The highest BCUT2D eigenvalue weighted by atomic mass is 16.5. The van der Waals surface area contributed by atoms with Crippen LogP contribution in [0.15, 0.2) is 60.7 Å². The van der Waals surface area contributed by atoms with E-state index in [1.807, 2.05) is 41.3 Å². The first-order valence-corrected chi connectivity index (χ1v) is 10.4. The van der Waals surface area contributed by atoms with Gasteiger partial charge in [0.2, 0.25) is 5.91 Å². The number of carbonyl (C=O) groups excluding carboxylic acids is 1. The van der Waals surface area contributed by atoms with Crippen LogP contribution in [0.2, 0.25) is 0 Å². The fraction of sp³-hybridized carbons (Fsp3) is 0.240. The average Bonchev–Trinajstić information content (AvgIpc) is 3.45. The van der Waals surface area contributed by atoms with Crippen LogP contribution in [0, 0.1) is 0 Å². The maximum absolute atomic E-state index is 11.7. The number of para-hydroxylation sites is 1. The van der Waals surface area contributed by atoms with Crippen molar-refractivity contribution in [3.63, 3.8) is 0 Å². The van der Waals surface area contributed by atoms with Crippen LogP contribution in [0.3, 0.4) is 0 Å². The molecule has 6 rings (SSSR count). The Kier molecular flexibility index (Phi) is 3.83. The third-order valence-corrected chi connectivity index (χ3v) is 6.75. The van der Waals surface area contributed by atoms with E-state index in [0.717, 1.165) is 45.9 Å². The zero-order valence-electron chi connectivity index (χ0n) is 16.9. The highest BCUT2D eigenvalue weighted by Gasteiger charge is 2.56. The Bertz CT molecular complexity index is 1210. The number of fused-ring (bicyclic) bond motifs is 5. The molecule has 2 atom stereocenters. The second kappa shape index (κ2) is 6.49. The van der Waals surface area contributed by atoms with Crippen LogP contribution in [-0.2, 0) is 18.4 Å². The first kappa shape index (κ1) is 18.3. The van der Waals surface area contributed by atoms with Gasteiger partial charge in [0.15, 0.2) is 0 Å². The number of benzene rings is 3. The van der Waals surface area contributed by atoms with Gasteiger partial charge in [0.05, 0.1) is 6.61 Å². The van der Waals surface area contributed by atoms with E-state index in [0.29, 0.717) is 25.3 Å². The predicted octanol–water partition coefficient (Wildman–Crippen LogP) is 2.74. The summed E-state index contributed by atoms with van der Waals surface area (Å²) in [5, 5.41) is 11.7. The number of hydrogen-bond acceptors (Lipinski definition) is 5. The highest BCUT2D eigenvalue weighted by Crippen LogP contribution is 2.55. The number of carbonyl (C=O) groups is 1. The topological polar surface area (TPSA) is 85.0 Å². The van der Waals surface area contributed by atoms with Crippen molar-refractivity contribution in [1.29, 1.82) is 0 Å². The summed E-state index contributed by atoms with van der Waals surface area (Å²) in [6.45, 7) is 1.56. The molecule has 156 valence electrons. The lowest BCUT2D eigenvalue weighted by Gasteiger charge is -2.32. The molecule has 3 aromatic rings. The van der Waals surface area contributed by atoms with Crippen LogP contribution in [0.4, 0.5) is 5.69 Å². The Balaban J connectivity index is 1.43. The van der Waals surface area contributed by atoms with Crippen LogP contribution < -0.4 is 20.1 Å². The summed E-state index contributed by atoms with van der Waals surface area (Å²) in [6, 6.07) is 19.4. The first-order chi connectivity index (χ1) is 15.1. The van der Waals surface area contributed by atoms with Crippen LogP contribution >= 0.6 is 0 Å². The van der Waals surface area contributed by atoms with Gasteiger partial charge in [-0.25, -0.2) is 0 Å². The minimum Gasteiger partial charge on any atom is -0.493 e. The van der Waals surface area contributed by atoms with Gasteiger partial charge >= 0.3 is 0 Å². The summed E-state index contributed by atoms with van der Waals surface area (Å²) in [5.41, 5.74) is 10.4. The number of primary amides is 1. The van der Waals surface area contributed by atoms with Crippen molar-refractivity contribution >= 4 is 11.6 Å². The molecule has 0 radical (unpaired) electrons. The fourth-order valence-corrected chi connectivity index (χ4v) is 5.16. The molecule has 3 heterocycles. The van der Waals surface area contributed by atoms with E-state index < -0.39 is 17.6 Å². The van der Waals surface area contributed by atoms with Gasteiger partial charge < -0.3 is 25.2 Å². The SMILES string of the molecule is NC(=O)c1ccc(CN2c3ccccc3C3(COc4cc5c(cc43)CCO5)C2O)cc1. The summed E-state index contributed by atoms with van der Waals surface area (Å²) in [6.07, 6.45) is 0.0779. The Morgan fingerprint density at radius 2 is 1.87 bits per heavy atom. The number of rotatable bonds is 3. The van der Waals surface area contributed by atoms with Crippen LogP contribution in [0.5, 0.6) is 11.5 Å². The van der Waals surface area contributed by atoms with E-state index in [-0.39, 0.29) is 0 Å². The lowest BCUT2D eigenvalue weighted by atomic mass is 9.76. The zero-order valence-corrected chi connectivity index (χ0v) is 16.9. The van der Waals surface area contributed by atoms with Crippen molar-refractivity contribution < 1.29 is 19.4 Å². The summed E-state index contributed by atoms with van der Waals surface area (Å²) >= 11 is 0. The van der Waals surface area contributed by atoms with Gasteiger partial charge in [-0.05, 0) is 41.0 Å². The molecule has 0 bridgehead atoms. The quantitative estimate of drug-likeness (QED) is 0.689. The Morgan fingerprint density at radius 1 is 1.06 bits per heavy atom. The summed E-state index contributed by atoms with van der Waals surface area (Å²) in [4.78, 5) is 13.4. The number of amides is 1. The van der Waals surface area contributed by atoms with Gasteiger partial charge in [-0.1, -0.05) is 30.3 Å². The molecular weight excluding hydrogens is 392 g/mol. The summed E-state index contributed by atoms with van der Waals surface area (Å²) < 4.78 is 11.8. The molecule has 1 spiro atoms. The maximum atomic E-state index is 11.7. The van der Waals surface area contributed by atoms with Crippen molar-refractivity contribution in [2.75, 3.05) is 18.1 Å². The van der Waals surface area contributed by atoms with E-state index in [4.69, 9.17) is 15.2 Å². The molecule has 3 aliphatic heterocycles. The van der Waals surface area contributed by atoms with Crippen LogP contribution in [0.1, 0.15) is 32.6 Å². The number of anilines is 1. The zero-order chi connectivity index (χ0) is 21.2. The van der Waals surface area contributed by atoms with E-state index >= 15 is 0 Å². The summed E-state index contributed by atoms with van der Waals surface area (Å²) in [7, 11) is 0. The number of aliphatic hydroxyl groups is 1. The molecule has 0 fully saturated rings. The Labute approximate surface area is 179 Å². The minimum absolute atomic E-state index is 0.376. The van der Waals surface area contributed by atoms with E-state index in [9.17, 15) is 9.90 Å². The lowest BCUT2D eigenvalue weighted by Crippen LogP contribution is -2.46. The molecule has 3 aromatic carbocycles. The van der Waals surface area contributed by atoms with Crippen LogP contribution in [-0.4, -0.2) is 30.5 Å². The molecule has 3 N–H and O–H groups in total. The summed E-state index contributed by atoms with van der Waals surface area (Å²) in [5.74, 6) is 1.21. The van der Waals surface area contributed by atoms with Crippen molar-refractivity contribution in [1.82, 2.24) is 0 Å². The maximum Gasteiger partial charge on any atom is 0.248 e. The van der Waals surface area contributed by atoms with Gasteiger partial charge in [-0.15, -0.1) is 0 Å².